The molecule has 0 spiro atoms. The van der Waals surface area contributed by atoms with Crippen LogP contribution in [0.25, 0.3) is 11.4 Å². The minimum Gasteiger partial charge on any atom is -0.457 e. The van der Waals surface area contributed by atoms with E-state index < -0.39 is 0 Å². The first-order valence-electron chi connectivity index (χ1n) is 11.6. The van der Waals surface area contributed by atoms with Crippen LogP contribution in [0.1, 0.15) is 18.7 Å². The van der Waals surface area contributed by atoms with E-state index in [1.807, 2.05) is 78.9 Å². The van der Waals surface area contributed by atoms with Crippen molar-refractivity contribution >= 4 is 23.2 Å². The number of para-hydroxylation sites is 1. The van der Waals surface area contributed by atoms with Crippen LogP contribution in [-0.4, -0.2) is 34.0 Å². The number of hydrogen-bond donors (Lipinski definition) is 1. The zero-order chi connectivity index (χ0) is 24.0. The number of carbonyl (C=O) groups excluding carboxylic acids is 1. The summed E-state index contributed by atoms with van der Waals surface area (Å²) in [5.41, 5.74) is 1.58. The monoisotopic (exact) mass is 488 g/mol. The first-order valence-corrected chi connectivity index (χ1v) is 11.9. The number of halogens is 1. The number of hydrogen-bond acceptors (Lipinski definition) is 6. The van der Waals surface area contributed by atoms with E-state index >= 15 is 0 Å². The molecule has 178 valence electrons. The van der Waals surface area contributed by atoms with Gasteiger partial charge in [0, 0.05) is 22.2 Å². The SMILES string of the molecule is O=C(Nc1ccc(Oc2ccccc2)cc1)C1CCN(Cc2nc(-c3cccc(Cl)c3)no2)CC1. The molecule has 4 aromatic rings. The number of nitrogens with one attached hydrogen (secondary N) is 1. The summed E-state index contributed by atoms with van der Waals surface area (Å²) in [6, 6.07) is 24.4. The number of nitrogens with zero attached hydrogens (tertiary/aromatic N) is 3. The van der Waals surface area contributed by atoms with Crippen molar-refractivity contribution in [2.24, 2.45) is 5.92 Å². The molecule has 1 N–H and O–H groups in total. The average molecular weight is 489 g/mol. The Morgan fingerprint density at radius 2 is 1.74 bits per heavy atom. The fourth-order valence-electron chi connectivity index (χ4n) is 4.08. The third-order valence-electron chi connectivity index (χ3n) is 5.97. The second-order valence-corrected chi connectivity index (χ2v) is 8.94. The van der Waals surface area contributed by atoms with Gasteiger partial charge in [-0.25, -0.2) is 0 Å². The molecule has 0 saturated carbocycles. The summed E-state index contributed by atoms with van der Waals surface area (Å²) in [7, 11) is 0. The molecule has 8 heteroatoms. The van der Waals surface area contributed by atoms with E-state index in [2.05, 4.69) is 20.4 Å². The lowest BCUT2D eigenvalue weighted by molar-refractivity contribution is -0.121. The fourth-order valence-corrected chi connectivity index (χ4v) is 4.27. The van der Waals surface area contributed by atoms with Crippen molar-refractivity contribution in [3.63, 3.8) is 0 Å². The van der Waals surface area contributed by atoms with Gasteiger partial charge in [-0.3, -0.25) is 9.69 Å². The van der Waals surface area contributed by atoms with Gasteiger partial charge < -0.3 is 14.6 Å². The standard InChI is InChI=1S/C27H25ClN4O3/c28-21-6-4-5-20(17-21)26-30-25(35-31-26)18-32-15-13-19(14-16-32)27(33)29-22-9-11-24(12-10-22)34-23-7-2-1-3-8-23/h1-12,17,19H,13-16,18H2,(H,29,33). The van der Waals surface area contributed by atoms with Crippen LogP contribution in [0, 0.1) is 5.92 Å². The fraction of sp³-hybridized carbons (Fsp3) is 0.222. The number of aromatic nitrogens is 2. The number of benzene rings is 3. The minimum absolute atomic E-state index is 0.0313. The van der Waals surface area contributed by atoms with Crippen molar-refractivity contribution in [1.82, 2.24) is 15.0 Å². The van der Waals surface area contributed by atoms with Crippen molar-refractivity contribution in [3.8, 4) is 22.9 Å². The molecule has 1 aromatic heterocycles. The lowest BCUT2D eigenvalue weighted by Crippen LogP contribution is -2.37. The Labute approximate surface area is 208 Å². The Balaban J connectivity index is 1.09. The molecule has 0 bridgehead atoms. The summed E-state index contributed by atoms with van der Waals surface area (Å²) in [5, 5.41) is 7.73. The van der Waals surface area contributed by atoms with Crippen LogP contribution in [0.2, 0.25) is 5.02 Å². The van der Waals surface area contributed by atoms with Gasteiger partial charge >= 0.3 is 0 Å². The number of amides is 1. The van der Waals surface area contributed by atoms with Crippen molar-refractivity contribution in [2.75, 3.05) is 18.4 Å². The maximum atomic E-state index is 12.8. The maximum absolute atomic E-state index is 12.8. The number of rotatable bonds is 7. The number of piperidine rings is 1. The van der Waals surface area contributed by atoms with Crippen molar-refractivity contribution in [3.05, 3.63) is 89.8 Å². The molecule has 0 aliphatic carbocycles. The van der Waals surface area contributed by atoms with Crippen LogP contribution in [0.5, 0.6) is 11.5 Å². The zero-order valence-corrected chi connectivity index (χ0v) is 19.8. The van der Waals surface area contributed by atoms with Gasteiger partial charge in [0.05, 0.1) is 6.54 Å². The molecule has 1 saturated heterocycles. The zero-order valence-electron chi connectivity index (χ0n) is 19.1. The molecule has 0 unspecified atom stereocenters. The van der Waals surface area contributed by atoms with Crippen molar-refractivity contribution < 1.29 is 14.1 Å². The van der Waals surface area contributed by atoms with E-state index in [0.29, 0.717) is 23.3 Å². The van der Waals surface area contributed by atoms with Gasteiger partial charge in [0.2, 0.25) is 17.6 Å². The Hall–Kier alpha value is -3.68. The van der Waals surface area contributed by atoms with Crippen LogP contribution in [0.3, 0.4) is 0 Å². The Morgan fingerprint density at radius 3 is 2.49 bits per heavy atom. The lowest BCUT2D eigenvalue weighted by Gasteiger charge is -2.30. The summed E-state index contributed by atoms with van der Waals surface area (Å²) in [5.74, 6) is 2.59. The number of carbonyl (C=O) groups is 1. The molecular formula is C27H25ClN4O3. The van der Waals surface area contributed by atoms with Gasteiger partial charge in [-0.1, -0.05) is 47.1 Å². The van der Waals surface area contributed by atoms with E-state index in [9.17, 15) is 4.79 Å². The Bertz CT molecular complexity index is 1270. The number of ether oxygens (including phenoxy) is 1. The highest BCUT2D eigenvalue weighted by Crippen LogP contribution is 2.25. The van der Waals surface area contributed by atoms with E-state index in [-0.39, 0.29) is 11.8 Å². The third-order valence-corrected chi connectivity index (χ3v) is 6.20. The predicted molar refractivity (Wildman–Crippen MR) is 134 cm³/mol. The molecule has 7 nitrogen and oxygen atoms in total. The van der Waals surface area contributed by atoms with Crippen LogP contribution >= 0.6 is 11.6 Å². The molecule has 1 fully saturated rings. The number of anilines is 1. The summed E-state index contributed by atoms with van der Waals surface area (Å²) in [6.07, 6.45) is 1.55. The van der Waals surface area contributed by atoms with Crippen molar-refractivity contribution in [2.45, 2.75) is 19.4 Å². The molecule has 5 rings (SSSR count). The smallest absolute Gasteiger partial charge is 0.241 e. The second-order valence-electron chi connectivity index (χ2n) is 8.50. The van der Waals surface area contributed by atoms with E-state index in [1.165, 1.54) is 0 Å². The van der Waals surface area contributed by atoms with Gasteiger partial charge in [-0.2, -0.15) is 4.98 Å². The molecule has 0 atom stereocenters. The topological polar surface area (TPSA) is 80.5 Å². The van der Waals surface area contributed by atoms with Gasteiger partial charge in [-0.05, 0) is 74.5 Å². The highest BCUT2D eigenvalue weighted by atomic mass is 35.5. The Kier molecular flexibility index (Phi) is 7.07. The quantitative estimate of drug-likeness (QED) is 0.342. The normalized spacial score (nSPS) is 14.5. The molecule has 1 aliphatic rings. The minimum atomic E-state index is -0.0313. The lowest BCUT2D eigenvalue weighted by atomic mass is 9.96. The predicted octanol–water partition coefficient (Wildman–Crippen LogP) is 6.03. The van der Waals surface area contributed by atoms with Gasteiger partial charge in [0.15, 0.2) is 0 Å². The third kappa shape index (κ3) is 6.07. The molecule has 35 heavy (non-hydrogen) atoms. The average Bonchev–Trinajstić information content (AvgIpc) is 3.35. The number of likely N-dealkylation sites (tertiary alicyclic amines) is 1. The summed E-state index contributed by atoms with van der Waals surface area (Å²) < 4.78 is 11.2. The van der Waals surface area contributed by atoms with E-state index in [4.69, 9.17) is 20.9 Å². The first-order chi connectivity index (χ1) is 17.1. The summed E-state index contributed by atoms with van der Waals surface area (Å²) in [4.78, 5) is 19.5. The van der Waals surface area contributed by atoms with Crippen LogP contribution in [0.4, 0.5) is 5.69 Å². The van der Waals surface area contributed by atoms with Crippen LogP contribution < -0.4 is 10.1 Å². The highest BCUT2D eigenvalue weighted by Gasteiger charge is 2.26. The van der Waals surface area contributed by atoms with Crippen LogP contribution in [0.15, 0.2) is 83.4 Å². The van der Waals surface area contributed by atoms with Gasteiger partial charge in [0.1, 0.15) is 11.5 Å². The molecule has 3 aromatic carbocycles. The van der Waals surface area contributed by atoms with Gasteiger partial charge in [-0.15, -0.1) is 0 Å². The molecule has 1 amide bonds. The largest absolute Gasteiger partial charge is 0.457 e. The van der Waals surface area contributed by atoms with Gasteiger partial charge in [0.25, 0.3) is 0 Å². The Morgan fingerprint density at radius 1 is 1.00 bits per heavy atom. The highest BCUT2D eigenvalue weighted by molar-refractivity contribution is 6.30. The van der Waals surface area contributed by atoms with Crippen LogP contribution in [-0.2, 0) is 11.3 Å². The second kappa shape index (κ2) is 10.7. The first kappa shape index (κ1) is 23.1. The van der Waals surface area contributed by atoms with E-state index in [1.54, 1.807) is 0 Å². The molecule has 0 radical (unpaired) electrons. The van der Waals surface area contributed by atoms with Crippen molar-refractivity contribution in [1.29, 1.82) is 0 Å². The van der Waals surface area contributed by atoms with E-state index in [0.717, 1.165) is 48.7 Å². The molecular weight excluding hydrogens is 464 g/mol. The maximum Gasteiger partial charge on any atom is 0.241 e. The summed E-state index contributed by atoms with van der Waals surface area (Å²) in [6.45, 7) is 2.14. The summed E-state index contributed by atoms with van der Waals surface area (Å²) >= 11 is 6.05. The molecule has 2 heterocycles. The molecule has 1 aliphatic heterocycles.